The standard InChI is InChI=1S/3C11H14/c1-11(8-5-9-11)10-6-3-2-4-7-10;1-11(7-8-11)9-10-5-3-2-4-6-10;1-2-11(8-9-11)10-6-4-3-5-7-10/h2-4,6-7H,5,8-9H2,1H3;2-6H,7-9H2,1H3;3-7H,2,8-9H2,1H3. The monoisotopic (exact) mass is 438 g/mol. The molecule has 33 heavy (non-hydrogen) atoms. The zero-order valence-corrected chi connectivity index (χ0v) is 21.0. The van der Waals surface area contributed by atoms with Crippen molar-refractivity contribution in [3.05, 3.63) is 108 Å². The Hall–Kier alpha value is -2.34. The third kappa shape index (κ3) is 6.38. The number of hydrogen-bond donors (Lipinski definition) is 0. The highest BCUT2D eigenvalue weighted by Gasteiger charge is 2.41. The zero-order valence-electron chi connectivity index (χ0n) is 21.0. The van der Waals surface area contributed by atoms with Gasteiger partial charge in [0, 0.05) is 0 Å². The van der Waals surface area contributed by atoms with Crippen molar-refractivity contribution < 1.29 is 0 Å². The lowest BCUT2D eigenvalue weighted by molar-refractivity contribution is 0.272. The maximum absolute atomic E-state index is 2.38. The molecule has 0 heteroatoms. The van der Waals surface area contributed by atoms with Gasteiger partial charge in [0.15, 0.2) is 0 Å². The van der Waals surface area contributed by atoms with E-state index >= 15 is 0 Å². The van der Waals surface area contributed by atoms with Crippen LogP contribution in [0, 0.1) is 5.41 Å². The molecule has 6 rings (SSSR count). The van der Waals surface area contributed by atoms with Crippen molar-refractivity contribution >= 4 is 0 Å². The van der Waals surface area contributed by atoms with Gasteiger partial charge >= 0.3 is 0 Å². The van der Waals surface area contributed by atoms with E-state index in [9.17, 15) is 0 Å². The van der Waals surface area contributed by atoms with Crippen LogP contribution in [0.25, 0.3) is 0 Å². The third-order valence-electron chi connectivity index (χ3n) is 8.42. The fourth-order valence-electron chi connectivity index (χ4n) is 5.10. The first-order chi connectivity index (χ1) is 16.0. The van der Waals surface area contributed by atoms with Crippen LogP contribution in [-0.4, -0.2) is 0 Å². The molecule has 3 aliphatic rings. The van der Waals surface area contributed by atoms with Gasteiger partial charge in [0.25, 0.3) is 0 Å². The molecular weight excluding hydrogens is 396 g/mol. The molecule has 0 spiro atoms. The van der Waals surface area contributed by atoms with Gasteiger partial charge in [-0.3, -0.25) is 0 Å². The molecule has 0 amide bonds. The summed E-state index contributed by atoms with van der Waals surface area (Å²) in [5.41, 5.74) is 6.31. The Labute approximate surface area is 202 Å². The summed E-state index contributed by atoms with van der Waals surface area (Å²) in [6, 6.07) is 32.5. The second-order valence-electron chi connectivity index (χ2n) is 11.3. The molecule has 0 radical (unpaired) electrons. The van der Waals surface area contributed by atoms with Gasteiger partial charge in [0.05, 0.1) is 0 Å². The van der Waals surface area contributed by atoms with Gasteiger partial charge in [0.1, 0.15) is 0 Å². The second-order valence-corrected chi connectivity index (χ2v) is 11.3. The van der Waals surface area contributed by atoms with Gasteiger partial charge in [-0.2, -0.15) is 0 Å². The highest BCUT2D eigenvalue weighted by Crippen LogP contribution is 2.50. The largest absolute Gasteiger partial charge is 0.0645 e. The predicted molar refractivity (Wildman–Crippen MR) is 143 cm³/mol. The predicted octanol–water partition coefficient (Wildman–Crippen LogP) is 9.29. The summed E-state index contributed by atoms with van der Waals surface area (Å²) in [5.74, 6) is 0. The van der Waals surface area contributed by atoms with Crippen LogP contribution in [0.2, 0.25) is 0 Å². The second kappa shape index (κ2) is 10.3. The minimum absolute atomic E-state index is 0.515. The minimum atomic E-state index is 0.515. The van der Waals surface area contributed by atoms with E-state index in [0.717, 1.165) is 0 Å². The molecule has 3 fully saturated rings. The Morgan fingerprint density at radius 3 is 1.45 bits per heavy atom. The van der Waals surface area contributed by atoms with E-state index in [4.69, 9.17) is 0 Å². The van der Waals surface area contributed by atoms with Gasteiger partial charge in [-0.15, -0.1) is 0 Å². The molecule has 0 aliphatic heterocycles. The number of rotatable bonds is 5. The Morgan fingerprint density at radius 1 is 0.576 bits per heavy atom. The van der Waals surface area contributed by atoms with E-state index in [-0.39, 0.29) is 0 Å². The Kier molecular flexibility index (Phi) is 7.42. The lowest BCUT2D eigenvalue weighted by Gasteiger charge is -2.38. The Bertz CT molecular complexity index is 918. The Balaban J connectivity index is 0.000000118. The van der Waals surface area contributed by atoms with Crippen LogP contribution in [0.5, 0.6) is 0 Å². The van der Waals surface area contributed by atoms with Gasteiger partial charge in [0.2, 0.25) is 0 Å². The first kappa shape index (κ1) is 23.8. The fourth-order valence-corrected chi connectivity index (χ4v) is 5.10. The molecule has 3 saturated carbocycles. The lowest BCUT2D eigenvalue weighted by Crippen LogP contribution is -2.29. The number of benzene rings is 3. The van der Waals surface area contributed by atoms with Crippen molar-refractivity contribution in [3.63, 3.8) is 0 Å². The van der Waals surface area contributed by atoms with Crippen LogP contribution in [-0.2, 0) is 17.3 Å². The van der Waals surface area contributed by atoms with Crippen molar-refractivity contribution in [3.8, 4) is 0 Å². The number of hydrogen-bond acceptors (Lipinski definition) is 0. The summed E-state index contributed by atoms with van der Waals surface area (Å²) in [5, 5.41) is 0. The molecule has 3 aliphatic carbocycles. The summed E-state index contributed by atoms with van der Waals surface area (Å²) in [7, 11) is 0. The Morgan fingerprint density at radius 2 is 1.06 bits per heavy atom. The fraction of sp³-hybridized carbons (Fsp3) is 0.455. The summed E-state index contributed by atoms with van der Waals surface area (Å²) in [6.07, 6.45) is 12.4. The van der Waals surface area contributed by atoms with Crippen LogP contribution in [0.3, 0.4) is 0 Å². The average Bonchev–Trinajstić information content (AvgIpc) is 3.78. The maximum atomic E-state index is 2.38. The van der Waals surface area contributed by atoms with E-state index < -0.39 is 0 Å². The van der Waals surface area contributed by atoms with Gasteiger partial charge in [-0.05, 0) is 84.3 Å². The van der Waals surface area contributed by atoms with Crippen molar-refractivity contribution in [1.29, 1.82) is 0 Å². The topological polar surface area (TPSA) is 0 Å². The van der Waals surface area contributed by atoms with E-state index in [1.165, 1.54) is 68.9 Å². The average molecular weight is 439 g/mol. The molecule has 0 saturated heterocycles. The molecule has 3 aromatic rings. The third-order valence-corrected chi connectivity index (χ3v) is 8.42. The quantitative estimate of drug-likeness (QED) is 0.372. The first-order valence-corrected chi connectivity index (χ1v) is 13.1. The van der Waals surface area contributed by atoms with Crippen molar-refractivity contribution in [2.75, 3.05) is 0 Å². The maximum Gasteiger partial charge on any atom is -0.00489 e. The van der Waals surface area contributed by atoms with Crippen molar-refractivity contribution in [2.24, 2.45) is 5.41 Å². The molecule has 0 N–H and O–H groups in total. The van der Waals surface area contributed by atoms with Crippen LogP contribution in [0.4, 0.5) is 0 Å². The lowest BCUT2D eigenvalue weighted by atomic mass is 9.66. The molecule has 0 bridgehead atoms. The van der Waals surface area contributed by atoms with Crippen LogP contribution in [0.1, 0.15) is 88.8 Å². The van der Waals surface area contributed by atoms with Crippen molar-refractivity contribution in [2.45, 2.75) is 89.4 Å². The van der Waals surface area contributed by atoms with E-state index in [2.05, 4.69) is 112 Å². The highest BCUT2D eigenvalue weighted by atomic mass is 14.5. The van der Waals surface area contributed by atoms with E-state index in [1.807, 2.05) is 0 Å². The van der Waals surface area contributed by atoms with E-state index in [1.54, 1.807) is 5.56 Å². The SMILES string of the molecule is CC1(Cc2ccccc2)CC1.CC1(c2ccccc2)CCC1.CCC1(c2ccccc2)CC1. The molecule has 0 heterocycles. The summed E-state index contributed by atoms with van der Waals surface area (Å²) in [4.78, 5) is 0. The van der Waals surface area contributed by atoms with Crippen molar-refractivity contribution in [1.82, 2.24) is 0 Å². The summed E-state index contributed by atoms with van der Waals surface area (Å²) in [6.45, 7) is 7.03. The molecule has 0 nitrogen and oxygen atoms in total. The molecule has 0 unspecified atom stereocenters. The van der Waals surface area contributed by atoms with Gasteiger partial charge < -0.3 is 0 Å². The smallest absolute Gasteiger partial charge is 0.00489 e. The highest BCUT2D eigenvalue weighted by molar-refractivity contribution is 5.30. The van der Waals surface area contributed by atoms with Gasteiger partial charge in [-0.1, -0.05) is 118 Å². The molecule has 174 valence electrons. The summed E-state index contributed by atoms with van der Waals surface area (Å²) < 4.78 is 0. The molecular formula is C33H42. The minimum Gasteiger partial charge on any atom is -0.0645 e. The molecule has 0 atom stereocenters. The van der Waals surface area contributed by atoms with E-state index in [0.29, 0.717) is 16.2 Å². The van der Waals surface area contributed by atoms with Crippen LogP contribution < -0.4 is 0 Å². The zero-order chi connectivity index (χ0) is 23.2. The molecule has 3 aromatic carbocycles. The molecule has 0 aromatic heterocycles. The normalized spacial score (nSPS) is 20.1. The van der Waals surface area contributed by atoms with Crippen LogP contribution >= 0.6 is 0 Å². The summed E-state index contributed by atoms with van der Waals surface area (Å²) >= 11 is 0. The van der Waals surface area contributed by atoms with Gasteiger partial charge in [-0.25, -0.2) is 0 Å². The van der Waals surface area contributed by atoms with Crippen LogP contribution in [0.15, 0.2) is 91.0 Å². The first-order valence-electron chi connectivity index (χ1n) is 13.1.